The third-order valence-electron chi connectivity index (χ3n) is 3.50. The Balaban J connectivity index is 2.45. The van der Waals surface area contributed by atoms with Crippen LogP contribution >= 0.6 is 11.8 Å². The number of hydrogen-bond donors (Lipinski definition) is 1. The summed E-state index contributed by atoms with van der Waals surface area (Å²) in [4.78, 5) is 11.9. The molecule has 0 bridgehead atoms. The van der Waals surface area contributed by atoms with Gasteiger partial charge < -0.3 is 10.1 Å². The van der Waals surface area contributed by atoms with E-state index in [2.05, 4.69) is 12.2 Å². The molecule has 0 aromatic heterocycles. The lowest BCUT2D eigenvalue weighted by atomic mass is 9.96. The number of nitrogens with one attached hydrogen (secondary N) is 1. The smallest absolute Gasteiger partial charge is 0.316 e. The van der Waals surface area contributed by atoms with E-state index in [1.165, 1.54) is 38.5 Å². The van der Waals surface area contributed by atoms with Gasteiger partial charge >= 0.3 is 5.97 Å². The van der Waals surface area contributed by atoms with Crippen LogP contribution < -0.4 is 5.32 Å². The first kappa shape index (κ1) is 17.8. The second-order valence-electron chi connectivity index (χ2n) is 6.59. The summed E-state index contributed by atoms with van der Waals surface area (Å²) >= 11 is 1.78. The van der Waals surface area contributed by atoms with E-state index in [9.17, 15) is 4.79 Å². The largest absolute Gasteiger partial charge is 0.459 e. The van der Waals surface area contributed by atoms with Crippen LogP contribution in [0.5, 0.6) is 0 Å². The second kappa shape index (κ2) is 8.93. The van der Waals surface area contributed by atoms with Crippen LogP contribution in [-0.2, 0) is 9.53 Å². The van der Waals surface area contributed by atoms with Crippen molar-refractivity contribution < 1.29 is 9.53 Å². The van der Waals surface area contributed by atoms with Crippen molar-refractivity contribution in [1.29, 1.82) is 0 Å². The molecule has 3 nitrogen and oxygen atoms in total. The molecule has 1 aliphatic carbocycles. The number of thioether (sulfide) groups is 1. The van der Waals surface area contributed by atoms with E-state index in [4.69, 9.17) is 4.74 Å². The zero-order valence-corrected chi connectivity index (χ0v) is 14.4. The lowest BCUT2D eigenvalue weighted by Gasteiger charge is -2.29. The molecule has 1 aliphatic rings. The number of esters is 1. The molecule has 1 fully saturated rings. The number of ether oxygens (including phenoxy) is 1. The van der Waals surface area contributed by atoms with Gasteiger partial charge in [-0.3, -0.25) is 4.79 Å². The Morgan fingerprint density at radius 2 is 1.85 bits per heavy atom. The molecule has 4 heteroatoms. The average molecular weight is 301 g/mol. The van der Waals surface area contributed by atoms with Crippen LogP contribution in [0.4, 0.5) is 0 Å². The molecule has 0 spiro atoms. The van der Waals surface area contributed by atoms with Gasteiger partial charge in [0.1, 0.15) is 5.60 Å². The summed E-state index contributed by atoms with van der Waals surface area (Å²) in [5.74, 6) is 0.393. The summed E-state index contributed by atoms with van der Waals surface area (Å²) in [5.41, 5.74) is -0.375. The van der Waals surface area contributed by atoms with E-state index in [1.807, 2.05) is 20.8 Å². The van der Waals surface area contributed by atoms with Crippen LogP contribution in [0.1, 0.15) is 66.2 Å². The zero-order chi connectivity index (χ0) is 15.0. The fourth-order valence-corrected chi connectivity index (χ4v) is 3.90. The van der Waals surface area contributed by atoms with E-state index in [-0.39, 0.29) is 11.6 Å². The van der Waals surface area contributed by atoms with E-state index >= 15 is 0 Å². The van der Waals surface area contributed by atoms with Gasteiger partial charge in [0.15, 0.2) is 0 Å². The quantitative estimate of drug-likeness (QED) is 0.785. The molecular formula is C16H31NO2S. The lowest BCUT2D eigenvalue weighted by Crippen LogP contribution is -2.39. The van der Waals surface area contributed by atoms with Gasteiger partial charge in [-0.25, -0.2) is 0 Å². The third-order valence-corrected chi connectivity index (χ3v) is 4.90. The Kier molecular flexibility index (Phi) is 7.96. The Morgan fingerprint density at radius 1 is 1.20 bits per heavy atom. The monoisotopic (exact) mass is 301 g/mol. The van der Waals surface area contributed by atoms with Gasteiger partial charge in [0, 0.05) is 11.3 Å². The minimum atomic E-state index is -0.375. The highest BCUT2D eigenvalue weighted by atomic mass is 32.2. The number of carbonyl (C=O) groups is 1. The van der Waals surface area contributed by atoms with Gasteiger partial charge in [0.05, 0.1) is 5.75 Å². The lowest BCUT2D eigenvalue weighted by molar-refractivity contribution is -0.151. The van der Waals surface area contributed by atoms with Gasteiger partial charge in [-0.15, -0.1) is 11.8 Å². The maximum absolute atomic E-state index is 11.9. The van der Waals surface area contributed by atoms with E-state index in [0.29, 0.717) is 17.0 Å². The van der Waals surface area contributed by atoms with Crippen molar-refractivity contribution in [2.24, 2.45) is 0 Å². The molecular weight excluding hydrogens is 270 g/mol. The molecule has 0 aromatic rings. The predicted octanol–water partition coefficient (Wildman–Crippen LogP) is 3.76. The van der Waals surface area contributed by atoms with Gasteiger partial charge in [-0.2, -0.15) is 0 Å². The fraction of sp³-hybridized carbons (Fsp3) is 0.938. The van der Waals surface area contributed by atoms with Gasteiger partial charge in [0.2, 0.25) is 0 Å². The summed E-state index contributed by atoms with van der Waals surface area (Å²) in [7, 11) is 0. The minimum absolute atomic E-state index is 0.0835. The van der Waals surface area contributed by atoms with Crippen molar-refractivity contribution in [1.82, 2.24) is 5.32 Å². The van der Waals surface area contributed by atoms with E-state index < -0.39 is 0 Å². The molecule has 2 atom stereocenters. The molecule has 0 amide bonds. The van der Waals surface area contributed by atoms with Crippen molar-refractivity contribution in [2.45, 2.75) is 83.1 Å². The highest BCUT2D eigenvalue weighted by Gasteiger charge is 2.24. The highest BCUT2D eigenvalue weighted by molar-refractivity contribution is 8.00. The summed E-state index contributed by atoms with van der Waals surface area (Å²) in [6.45, 7) is 8.94. The molecule has 0 aromatic carbocycles. The Hall–Kier alpha value is -0.220. The molecule has 0 heterocycles. The molecule has 1 rings (SSSR count). The first-order valence-corrected chi connectivity index (χ1v) is 9.04. The first-order chi connectivity index (χ1) is 9.42. The van der Waals surface area contributed by atoms with E-state index in [1.54, 1.807) is 11.8 Å². The minimum Gasteiger partial charge on any atom is -0.459 e. The van der Waals surface area contributed by atoms with Crippen LogP contribution in [0.3, 0.4) is 0 Å². The standard InChI is InChI=1S/C16H31NO2S/c1-5-17-13-10-8-6-7-9-11-14(13)20-12-15(18)19-16(2,3)4/h13-14,17H,5-12H2,1-4H3. The van der Waals surface area contributed by atoms with Crippen LogP contribution in [0.15, 0.2) is 0 Å². The molecule has 0 radical (unpaired) electrons. The summed E-state index contributed by atoms with van der Waals surface area (Å²) in [6, 6.07) is 0.549. The van der Waals surface area contributed by atoms with Crippen molar-refractivity contribution >= 4 is 17.7 Å². The van der Waals surface area contributed by atoms with Crippen LogP contribution in [0, 0.1) is 0 Å². The molecule has 0 aliphatic heterocycles. The molecule has 1 saturated carbocycles. The van der Waals surface area contributed by atoms with Crippen LogP contribution in [-0.4, -0.2) is 35.2 Å². The molecule has 1 N–H and O–H groups in total. The molecule has 20 heavy (non-hydrogen) atoms. The summed E-state index contributed by atoms with van der Waals surface area (Å²) in [6.07, 6.45) is 7.73. The molecule has 2 unspecified atom stereocenters. The fourth-order valence-electron chi connectivity index (χ4n) is 2.69. The maximum Gasteiger partial charge on any atom is 0.316 e. The number of rotatable bonds is 5. The van der Waals surface area contributed by atoms with Crippen molar-refractivity contribution in [2.75, 3.05) is 12.3 Å². The predicted molar refractivity (Wildman–Crippen MR) is 87.3 cm³/mol. The normalized spacial score (nSPS) is 24.8. The Morgan fingerprint density at radius 3 is 2.45 bits per heavy atom. The zero-order valence-electron chi connectivity index (χ0n) is 13.5. The average Bonchev–Trinajstić information content (AvgIpc) is 2.30. The molecule has 118 valence electrons. The van der Waals surface area contributed by atoms with Crippen molar-refractivity contribution in [3.63, 3.8) is 0 Å². The van der Waals surface area contributed by atoms with Crippen molar-refractivity contribution in [3.8, 4) is 0 Å². The summed E-state index contributed by atoms with van der Waals surface area (Å²) < 4.78 is 5.40. The van der Waals surface area contributed by atoms with Gasteiger partial charge in [0.25, 0.3) is 0 Å². The SMILES string of the molecule is CCNC1CCCCCCC1SCC(=O)OC(C)(C)C. The Labute approximate surface area is 128 Å². The first-order valence-electron chi connectivity index (χ1n) is 7.99. The number of carbonyl (C=O) groups excluding carboxylic acids is 1. The topological polar surface area (TPSA) is 38.3 Å². The van der Waals surface area contributed by atoms with Crippen LogP contribution in [0.2, 0.25) is 0 Å². The highest BCUT2D eigenvalue weighted by Crippen LogP contribution is 2.27. The number of hydrogen-bond acceptors (Lipinski definition) is 4. The van der Waals surface area contributed by atoms with Crippen LogP contribution in [0.25, 0.3) is 0 Å². The Bertz CT molecular complexity index is 289. The third kappa shape index (κ3) is 7.53. The second-order valence-corrected chi connectivity index (χ2v) is 7.82. The maximum atomic E-state index is 11.9. The van der Waals surface area contributed by atoms with Gasteiger partial charge in [-0.1, -0.05) is 32.6 Å². The van der Waals surface area contributed by atoms with Crippen molar-refractivity contribution in [3.05, 3.63) is 0 Å². The summed E-state index contributed by atoms with van der Waals surface area (Å²) in [5, 5.41) is 4.15. The van der Waals surface area contributed by atoms with Gasteiger partial charge in [-0.05, 0) is 40.2 Å². The molecule has 0 saturated heterocycles. The van der Waals surface area contributed by atoms with E-state index in [0.717, 1.165) is 6.54 Å².